The van der Waals surface area contributed by atoms with Gasteiger partial charge in [-0.2, -0.15) is 0 Å². The first kappa shape index (κ1) is 14.8. The SMILES string of the molecule is Cc1cc(OCCCOc2ccccc2)ccc1[N+](=O)[O-]. The molecule has 5 heteroatoms. The van der Waals surface area contributed by atoms with E-state index in [1.165, 1.54) is 6.07 Å². The fourth-order valence-corrected chi connectivity index (χ4v) is 1.88. The van der Waals surface area contributed by atoms with Gasteiger partial charge in [-0.3, -0.25) is 10.1 Å². The van der Waals surface area contributed by atoms with Gasteiger partial charge >= 0.3 is 0 Å². The molecule has 0 bridgehead atoms. The molecule has 21 heavy (non-hydrogen) atoms. The summed E-state index contributed by atoms with van der Waals surface area (Å²) < 4.78 is 11.1. The Morgan fingerprint density at radius 2 is 1.67 bits per heavy atom. The predicted molar refractivity (Wildman–Crippen MR) is 79.9 cm³/mol. The van der Waals surface area contributed by atoms with Crippen LogP contribution in [0.15, 0.2) is 48.5 Å². The molecule has 110 valence electrons. The zero-order valence-corrected chi connectivity index (χ0v) is 11.8. The fourth-order valence-electron chi connectivity index (χ4n) is 1.88. The van der Waals surface area contributed by atoms with E-state index >= 15 is 0 Å². The van der Waals surface area contributed by atoms with Crippen LogP contribution in [0.25, 0.3) is 0 Å². The van der Waals surface area contributed by atoms with Crippen molar-refractivity contribution >= 4 is 5.69 Å². The number of hydrogen-bond acceptors (Lipinski definition) is 4. The highest BCUT2D eigenvalue weighted by molar-refractivity contribution is 5.44. The van der Waals surface area contributed by atoms with E-state index in [1.54, 1.807) is 19.1 Å². The summed E-state index contributed by atoms with van der Waals surface area (Å²) in [5, 5.41) is 10.7. The van der Waals surface area contributed by atoms with Crippen molar-refractivity contribution in [3.8, 4) is 11.5 Å². The first-order chi connectivity index (χ1) is 10.2. The molecule has 2 rings (SSSR count). The molecule has 2 aromatic carbocycles. The second-order valence-electron chi connectivity index (χ2n) is 4.57. The van der Waals surface area contributed by atoms with E-state index in [-0.39, 0.29) is 5.69 Å². The Kier molecular flexibility index (Phi) is 5.15. The highest BCUT2D eigenvalue weighted by atomic mass is 16.6. The van der Waals surface area contributed by atoms with Crippen LogP contribution < -0.4 is 9.47 Å². The van der Waals surface area contributed by atoms with Crippen LogP contribution in [-0.4, -0.2) is 18.1 Å². The molecule has 0 amide bonds. The van der Waals surface area contributed by atoms with Crippen molar-refractivity contribution in [2.75, 3.05) is 13.2 Å². The second kappa shape index (κ2) is 7.28. The molecular formula is C16H17NO4. The summed E-state index contributed by atoms with van der Waals surface area (Å²) >= 11 is 0. The third-order valence-electron chi connectivity index (χ3n) is 2.93. The summed E-state index contributed by atoms with van der Waals surface area (Å²) in [5.41, 5.74) is 0.702. The minimum absolute atomic E-state index is 0.106. The zero-order chi connectivity index (χ0) is 15.1. The molecule has 0 saturated heterocycles. The van der Waals surface area contributed by atoms with E-state index in [0.29, 0.717) is 24.5 Å². The predicted octanol–water partition coefficient (Wildman–Crippen LogP) is 3.75. The second-order valence-corrected chi connectivity index (χ2v) is 4.57. The molecular weight excluding hydrogens is 270 g/mol. The van der Waals surface area contributed by atoms with Crippen molar-refractivity contribution in [1.29, 1.82) is 0 Å². The van der Waals surface area contributed by atoms with Crippen molar-refractivity contribution < 1.29 is 14.4 Å². The Hall–Kier alpha value is -2.56. The van der Waals surface area contributed by atoms with Crippen molar-refractivity contribution in [3.63, 3.8) is 0 Å². The number of nitro benzene ring substituents is 1. The summed E-state index contributed by atoms with van der Waals surface area (Å²) in [6, 6.07) is 14.3. The van der Waals surface area contributed by atoms with Gasteiger partial charge in [-0.05, 0) is 31.2 Å². The third kappa shape index (κ3) is 4.49. The lowest BCUT2D eigenvalue weighted by Crippen LogP contribution is -2.05. The Balaban J connectivity index is 1.74. The maximum Gasteiger partial charge on any atom is 0.272 e. The summed E-state index contributed by atoms with van der Waals surface area (Å²) in [6.45, 7) is 2.77. The molecule has 0 aromatic heterocycles. The molecule has 0 heterocycles. The van der Waals surface area contributed by atoms with Gasteiger partial charge in [0.1, 0.15) is 11.5 Å². The summed E-state index contributed by atoms with van der Waals surface area (Å²) in [7, 11) is 0. The Morgan fingerprint density at radius 3 is 2.29 bits per heavy atom. The standard InChI is InChI=1S/C16H17NO4/c1-13-12-15(8-9-16(13)17(18)19)21-11-5-10-20-14-6-3-2-4-7-14/h2-4,6-9,12H,5,10-11H2,1H3. The van der Waals surface area contributed by atoms with E-state index in [4.69, 9.17) is 9.47 Å². The molecule has 0 saturated carbocycles. The maximum absolute atomic E-state index is 10.7. The van der Waals surface area contributed by atoms with Gasteiger partial charge in [-0.25, -0.2) is 0 Å². The number of ether oxygens (including phenoxy) is 2. The van der Waals surface area contributed by atoms with Gasteiger partial charge in [-0.15, -0.1) is 0 Å². The van der Waals surface area contributed by atoms with E-state index in [9.17, 15) is 10.1 Å². The van der Waals surface area contributed by atoms with Crippen LogP contribution >= 0.6 is 0 Å². The van der Waals surface area contributed by atoms with Gasteiger partial charge in [0.15, 0.2) is 0 Å². The quantitative estimate of drug-likeness (QED) is 0.442. The van der Waals surface area contributed by atoms with Gasteiger partial charge in [0, 0.05) is 18.1 Å². The molecule has 0 atom stereocenters. The van der Waals surface area contributed by atoms with Gasteiger partial charge in [-0.1, -0.05) is 18.2 Å². The molecule has 0 radical (unpaired) electrons. The minimum atomic E-state index is -0.396. The van der Waals surface area contributed by atoms with Crippen molar-refractivity contribution in [2.45, 2.75) is 13.3 Å². The lowest BCUT2D eigenvalue weighted by Gasteiger charge is -2.08. The molecule has 0 unspecified atom stereocenters. The van der Waals surface area contributed by atoms with Crippen LogP contribution in [0.1, 0.15) is 12.0 Å². The van der Waals surface area contributed by atoms with Crippen LogP contribution in [0, 0.1) is 17.0 Å². The molecule has 0 aliphatic carbocycles. The highest BCUT2D eigenvalue weighted by Gasteiger charge is 2.10. The largest absolute Gasteiger partial charge is 0.493 e. The topological polar surface area (TPSA) is 61.6 Å². The van der Waals surface area contributed by atoms with E-state index in [0.717, 1.165) is 12.2 Å². The molecule has 0 aliphatic rings. The van der Waals surface area contributed by atoms with E-state index < -0.39 is 4.92 Å². The highest BCUT2D eigenvalue weighted by Crippen LogP contribution is 2.23. The maximum atomic E-state index is 10.7. The summed E-state index contributed by atoms with van der Waals surface area (Å²) in [5.74, 6) is 1.47. The van der Waals surface area contributed by atoms with Crippen molar-refractivity contribution in [2.24, 2.45) is 0 Å². The van der Waals surface area contributed by atoms with Crippen LogP contribution in [0.3, 0.4) is 0 Å². The number of rotatable bonds is 7. The molecule has 0 fully saturated rings. The first-order valence-electron chi connectivity index (χ1n) is 6.72. The van der Waals surface area contributed by atoms with Gasteiger partial charge in [0.25, 0.3) is 5.69 Å². The van der Waals surface area contributed by atoms with Crippen LogP contribution in [0.2, 0.25) is 0 Å². The van der Waals surface area contributed by atoms with E-state index in [1.807, 2.05) is 30.3 Å². The minimum Gasteiger partial charge on any atom is -0.493 e. The van der Waals surface area contributed by atoms with Gasteiger partial charge in [0.2, 0.25) is 0 Å². The van der Waals surface area contributed by atoms with Gasteiger partial charge in [0.05, 0.1) is 18.1 Å². The normalized spacial score (nSPS) is 10.1. The average molecular weight is 287 g/mol. The number of hydrogen-bond donors (Lipinski definition) is 0. The third-order valence-corrected chi connectivity index (χ3v) is 2.93. The Bertz CT molecular complexity index is 598. The van der Waals surface area contributed by atoms with E-state index in [2.05, 4.69) is 0 Å². The molecule has 0 spiro atoms. The lowest BCUT2D eigenvalue weighted by atomic mass is 10.2. The van der Waals surface area contributed by atoms with Gasteiger partial charge < -0.3 is 9.47 Å². The van der Waals surface area contributed by atoms with Crippen molar-refractivity contribution in [3.05, 3.63) is 64.2 Å². The zero-order valence-electron chi connectivity index (χ0n) is 11.8. The monoisotopic (exact) mass is 287 g/mol. The lowest BCUT2D eigenvalue weighted by molar-refractivity contribution is -0.385. The number of aryl methyl sites for hydroxylation is 1. The average Bonchev–Trinajstić information content (AvgIpc) is 2.47. The molecule has 0 N–H and O–H groups in total. The number of para-hydroxylation sites is 1. The molecule has 5 nitrogen and oxygen atoms in total. The van der Waals surface area contributed by atoms with Crippen molar-refractivity contribution in [1.82, 2.24) is 0 Å². The first-order valence-corrected chi connectivity index (χ1v) is 6.72. The Labute approximate surface area is 123 Å². The fraction of sp³-hybridized carbons (Fsp3) is 0.250. The molecule has 0 aliphatic heterocycles. The Morgan fingerprint density at radius 1 is 1.00 bits per heavy atom. The number of benzene rings is 2. The molecule has 2 aromatic rings. The summed E-state index contributed by atoms with van der Waals surface area (Å²) in [6.07, 6.45) is 0.741. The number of nitrogens with zero attached hydrogens (tertiary/aromatic N) is 1. The van der Waals surface area contributed by atoms with Crippen LogP contribution in [0.4, 0.5) is 5.69 Å². The smallest absolute Gasteiger partial charge is 0.272 e. The van der Waals surface area contributed by atoms with Crippen LogP contribution in [-0.2, 0) is 0 Å². The van der Waals surface area contributed by atoms with Crippen LogP contribution in [0.5, 0.6) is 11.5 Å². The summed E-state index contributed by atoms with van der Waals surface area (Å²) in [4.78, 5) is 10.3. The number of nitro groups is 1.